The van der Waals surface area contributed by atoms with E-state index >= 15 is 0 Å². The van der Waals surface area contributed by atoms with Gasteiger partial charge in [-0.15, -0.1) is 0 Å². The highest BCUT2D eigenvalue weighted by molar-refractivity contribution is 7.99. The van der Waals surface area contributed by atoms with Crippen LogP contribution in [0.5, 0.6) is 5.75 Å². The van der Waals surface area contributed by atoms with Gasteiger partial charge in [-0.25, -0.2) is 4.98 Å². The monoisotopic (exact) mass is 434 g/mol. The standard InChI is InChI=1S/C23H22N4O3S/c1-13-10-18(14(2)27(13)16-6-7-16)20(28)12-31-23-25-21(19(11-24)22(29)26-23)15-4-8-17(30-3)9-5-15/h4-5,8-10,16H,6-7,12H2,1-3H3,(H,25,26,29). The minimum Gasteiger partial charge on any atom is -0.497 e. The number of methoxy groups -OCH3 is 1. The van der Waals surface area contributed by atoms with E-state index in [2.05, 4.69) is 14.5 Å². The van der Waals surface area contributed by atoms with E-state index in [0.29, 0.717) is 28.1 Å². The minimum absolute atomic E-state index is 0.0111. The van der Waals surface area contributed by atoms with Crippen molar-refractivity contribution in [1.29, 1.82) is 5.26 Å². The van der Waals surface area contributed by atoms with E-state index in [1.165, 1.54) is 0 Å². The van der Waals surface area contributed by atoms with E-state index in [-0.39, 0.29) is 22.8 Å². The number of aryl methyl sites for hydroxylation is 1. The van der Waals surface area contributed by atoms with Gasteiger partial charge >= 0.3 is 0 Å². The van der Waals surface area contributed by atoms with Crippen molar-refractivity contribution in [3.63, 3.8) is 0 Å². The molecule has 7 nitrogen and oxygen atoms in total. The van der Waals surface area contributed by atoms with Crippen LogP contribution in [0.1, 0.15) is 46.2 Å². The summed E-state index contributed by atoms with van der Waals surface area (Å²) in [6.45, 7) is 4.00. The number of H-pyrrole nitrogens is 1. The second kappa shape index (κ2) is 8.44. The zero-order valence-corrected chi connectivity index (χ0v) is 18.4. The number of hydrogen-bond donors (Lipinski definition) is 1. The summed E-state index contributed by atoms with van der Waals surface area (Å²) in [4.78, 5) is 32.4. The fourth-order valence-corrected chi connectivity index (χ4v) is 4.49. The fraction of sp³-hybridized carbons (Fsp3) is 0.304. The second-order valence-electron chi connectivity index (χ2n) is 7.53. The number of aromatic amines is 1. The zero-order valence-electron chi connectivity index (χ0n) is 17.6. The lowest BCUT2D eigenvalue weighted by atomic mass is 10.1. The maximum Gasteiger partial charge on any atom is 0.270 e. The highest BCUT2D eigenvalue weighted by Gasteiger charge is 2.28. The predicted octanol–water partition coefficient (Wildman–Crippen LogP) is 4.05. The van der Waals surface area contributed by atoms with Crippen LogP contribution in [0.3, 0.4) is 0 Å². The molecular weight excluding hydrogens is 412 g/mol. The molecule has 31 heavy (non-hydrogen) atoms. The minimum atomic E-state index is -0.523. The van der Waals surface area contributed by atoms with E-state index in [9.17, 15) is 14.9 Å². The van der Waals surface area contributed by atoms with Gasteiger partial charge in [-0.3, -0.25) is 9.59 Å². The fourth-order valence-electron chi connectivity index (χ4n) is 3.75. The van der Waals surface area contributed by atoms with Gasteiger partial charge in [-0.05, 0) is 57.0 Å². The number of nitrogens with one attached hydrogen (secondary N) is 1. The molecular formula is C23H22N4O3S. The van der Waals surface area contributed by atoms with Crippen LogP contribution >= 0.6 is 11.8 Å². The Hall–Kier alpha value is -3.31. The van der Waals surface area contributed by atoms with Crippen LogP contribution in [0.15, 0.2) is 40.3 Å². The molecule has 158 valence electrons. The molecule has 1 N–H and O–H groups in total. The third-order valence-corrected chi connectivity index (χ3v) is 6.28. The third-order valence-electron chi connectivity index (χ3n) is 5.41. The molecule has 0 amide bonds. The lowest BCUT2D eigenvalue weighted by Crippen LogP contribution is -2.15. The van der Waals surface area contributed by atoms with Gasteiger partial charge in [0.25, 0.3) is 5.56 Å². The maximum absolute atomic E-state index is 12.9. The lowest BCUT2D eigenvalue weighted by Gasteiger charge is -2.08. The molecule has 1 aliphatic carbocycles. The average molecular weight is 435 g/mol. The zero-order chi connectivity index (χ0) is 22.1. The Bertz CT molecular complexity index is 1250. The maximum atomic E-state index is 12.9. The number of carbonyl (C=O) groups excluding carboxylic acids is 1. The first kappa shape index (κ1) is 20.9. The quantitative estimate of drug-likeness (QED) is 0.342. The molecule has 0 atom stereocenters. The summed E-state index contributed by atoms with van der Waals surface area (Å²) < 4.78 is 7.40. The SMILES string of the molecule is COc1ccc(-c2nc(SCC(=O)c3cc(C)n(C4CC4)c3C)[nH]c(=O)c2C#N)cc1. The van der Waals surface area contributed by atoms with Gasteiger partial charge < -0.3 is 14.3 Å². The van der Waals surface area contributed by atoms with Gasteiger partial charge in [0.2, 0.25) is 0 Å². The molecule has 1 saturated carbocycles. The number of ether oxygens (including phenoxy) is 1. The first-order valence-electron chi connectivity index (χ1n) is 9.96. The Morgan fingerprint density at radius 1 is 1.32 bits per heavy atom. The van der Waals surface area contributed by atoms with E-state index in [4.69, 9.17) is 4.74 Å². The normalized spacial score (nSPS) is 13.1. The average Bonchev–Trinajstić information content (AvgIpc) is 3.55. The number of thioether (sulfide) groups is 1. The van der Waals surface area contributed by atoms with Crippen LogP contribution in [0.4, 0.5) is 0 Å². The molecule has 0 radical (unpaired) electrons. The molecule has 0 aliphatic heterocycles. The van der Waals surface area contributed by atoms with Crippen molar-refractivity contribution in [3.05, 3.63) is 63.2 Å². The Labute approximate surface area is 184 Å². The van der Waals surface area contributed by atoms with Crippen LogP contribution in [0.2, 0.25) is 0 Å². The summed E-state index contributed by atoms with van der Waals surface area (Å²) in [5.41, 5.74) is 3.13. The second-order valence-corrected chi connectivity index (χ2v) is 8.50. The first-order valence-corrected chi connectivity index (χ1v) is 10.9. The number of ketones is 1. The van der Waals surface area contributed by atoms with Crippen molar-refractivity contribution >= 4 is 17.5 Å². The molecule has 0 unspecified atom stereocenters. The highest BCUT2D eigenvalue weighted by atomic mass is 32.2. The third kappa shape index (κ3) is 4.14. The molecule has 0 bridgehead atoms. The van der Waals surface area contributed by atoms with Gasteiger partial charge in [0, 0.05) is 28.6 Å². The molecule has 2 heterocycles. The van der Waals surface area contributed by atoms with E-state index in [1.807, 2.05) is 26.0 Å². The molecule has 4 rings (SSSR count). The van der Waals surface area contributed by atoms with Gasteiger partial charge in [-0.1, -0.05) is 11.8 Å². The Morgan fingerprint density at radius 3 is 2.65 bits per heavy atom. The molecule has 2 aromatic heterocycles. The lowest BCUT2D eigenvalue weighted by molar-refractivity contribution is 0.102. The number of benzene rings is 1. The predicted molar refractivity (Wildman–Crippen MR) is 119 cm³/mol. The van der Waals surface area contributed by atoms with E-state index < -0.39 is 5.56 Å². The Kier molecular flexibility index (Phi) is 5.70. The van der Waals surface area contributed by atoms with Crippen molar-refractivity contribution in [1.82, 2.24) is 14.5 Å². The Morgan fingerprint density at radius 2 is 2.03 bits per heavy atom. The van der Waals surface area contributed by atoms with Crippen molar-refractivity contribution in [2.24, 2.45) is 0 Å². The highest BCUT2D eigenvalue weighted by Crippen LogP contribution is 2.38. The first-order chi connectivity index (χ1) is 14.9. The van der Waals surface area contributed by atoms with Crippen molar-refractivity contribution in [2.75, 3.05) is 12.9 Å². The number of aromatic nitrogens is 3. The van der Waals surface area contributed by atoms with Crippen LogP contribution in [0, 0.1) is 25.2 Å². The van der Waals surface area contributed by atoms with Crippen LogP contribution in [0.25, 0.3) is 11.3 Å². The number of hydrogen-bond acceptors (Lipinski definition) is 6. The number of carbonyl (C=O) groups is 1. The largest absolute Gasteiger partial charge is 0.497 e. The van der Waals surface area contributed by atoms with Gasteiger partial charge in [-0.2, -0.15) is 5.26 Å². The Balaban J connectivity index is 1.58. The smallest absolute Gasteiger partial charge is 0.270 e. The summed E-state index contributed by atoms with van der Waals surface area (Å²) in [6.07, 6.45) is 2.31. The summed E-state index contributed by atoms with van der Waals surface area (Å²) >= 11 is 1.16. The number of rotatable bonds is 7. The van der Waals surface area contributed by atoms with Gasteiger partial charge in [0.1, 0.15) is 17.4 Å². The van der Waals surface area contributed by atoms with Crippen LogP contribution in [-0.4, -0.2) is 33.2 Å². The molecule has 3 aromatic rings. The summed E-state index contributed by atoms with van der Waals surface area (Å²) in [7, 11) is 1.56. The van der Waals surface area contributed by atoms with Crippen molar-refractivity contribution in [3.8, 4) is 23.1 Å². The number of nitrogens with zero attached hydrogens (tertiary/aromatic N) is 3. The van der Waals surface area contributed by atoms with Crippen molar-refractivity contribution in [2.45, 2.75) is 37.9 Å². The van der Waals surface area contributed by atoms with Gasteiger partial charge in [0.15, 0.2) is 10.9 Å². The summed E-state index contributed by atoms with van der Waals surface area (Å²) in [6, 6.07) is 11.3. The number of nitriles is 1. The summed E-state index contributed by atoms with van der Waals surface area (Å²) in [5.74, 6) is 0.797. The van der Waals surface area contributed by atoms with Gasteiger partial charge in [0.05, 0.1) is 18.6 Å². The van der Waals surface area contributed by atoms with Crippen molar-refractivity contribution < 1.29 is 9.53 Å². The molecule has 0 spiro atoms. The van der Waals surface area contributed by atoms with Crippen LogP contribution < -0.4 is 10.3 Å². The van der Waals surface area contributed by atoms with E-state index in [0.717, 1.165) is 36.0 Å². The number of Topliss-reactive ketones (excluding diaryl/α,β-unsaturated/α-hetero) is 1. The molecule has 0 saturated heterocycles. The topological polar surface area (TPSA) is 101 Å². The molecule has 1 aromatic carbocycles. The molecule has 1 fully saturated rings. The molecule has 8 heteroatoms. The van der Waals surface area contributed by atoms with E-state index in [1.54, 1.807) is 31.4 Å². The summed E-state index contributed by atoms with van der Waals surface area (Å²) in [5, 5.41) is 9.73. The molecule has 1 aliphatic rings. The van der Waals surface area contributed by atoms with Crippen LogP contribution in [-0.2, 0) is 0 Å².